The van der Waals surface area contributed by atoms with Crippen molar-refractivity contribution in [3.8, 4) is 11.1 Å². The molecule has 6 heteroatoms. The van der Waals surface area contributed by atoms with Crippen LogP contribution in [0.3, 0.4) is 0 Å². The molecule has 0 atom stereocenters. The van der Waals surface area contributed by atoms with E-state index in [1.54, 1.807) is 45.2 Å². The highest BCUT2D eigenvalue weighted by atomic mass is 127. The van der Waals surface area contributed by atoms with Gasteiger partial charge in [-0.15, -0.1) is 0 Å². The Hall–Kier alpha value is -0.900. The second-order valence-corrected chi connectivity index (χ2v) is 6.27. The van der Waals surface area contributed by atoms with Crippen LogP contribution >= 0.6 is 45.2 Å². The minimum Gasteiger partial charge on any atom is -0.298 e. The summed E-state index contributed by atoms with van der Waals surface area (Å²) in [5.41, 5.74) is 0.824. The number of benzene rings is 2. The fourth-order valence-electron chi connectivity index (χ4n) is 1.79. The van der Waals surface area contributed by atoms with Gasteiger partial charge < -0.3 is 0 Å². The van der Waals surface area contributed by atoms with Gasteiger partial charge >= 0.3 is 0 Å². The lowest BCUT2D eigenvalue weighted by atomic mass is 9.96. The monoisotopic (exact) mass is 498 g/mol. The highest BCUT2D eigenvalue weighted by Gasteiger charge is 2.15. The zero-order valence-corrected chi connectivity index (χ0v) is 14.1. The predicted octanol–water partition coefficient (Wildman–Crippen LogP) is 4.47. The topological polar surface area (TPSA) is 34.1 Å². The molecule has 0 saturated carbocycles. The second-order valence-electron chi connectivity index (χ2n) is 3.94. The summed E-state index contributed by atoms with van der Waals surface area (Å²) in [6.07, 6.45) is 1.11. The van der Waals surface area contributed by atoms with Gasteiger partial charge in [-0.1, -0.05) is 0 Å². The van der Waals surface area contributed by atoms with E-state index in [9.17, 15) is 18.4 Å². The Balaban J connectivity index is 2.80. The van der Waals surface area contributed by atoms with E-state index in [0.717, 1.165) is 12.1 Å². The average Bonchev–Trinajstić information content (AvgIpc) is 2.43. The van der Waals surface area contributed by atoms with Crippen LogP contribution in [0.1, 0.15) is 20.7 Å². The van der Waals surface area contributed by atoms with Crippen LogP contribution < -0.4 is 0 Å². The maximum absolute atomic E-state index is 13.7. The van der Waals surface area contributed by atoms with Crippen molar-refractivity contribution >= 4 is 57.8 Å². The molecule has 0 radical (unpaired) electrons. The van der Waals surface area contributed by atoms with Crippen LogP contribution in [-0.4, -0.2) is 12.6 Å². The van der Waals surface area contributed by atoms with E-state index in [4.69, 9.17) is 0 Å². The Labute approximate surface area is 140 Å². The third-order valence-electron chi connectivity index (χ3n) is 2.73. The maximum Gasteiger partial charge on any atom is 0.150 e. The van der Waals surface area contributed by atoms with E-state index in [0.29, 0.717) is 12.6 Å². The lowest BCUT2D eigenvalue weighted by Gasteiger charge is -2.10. The number of hydrogen-bond donors (Lipinski definition) is 0. The quantitative estimate of drug-likeness (QED) is 0.463. The summed E-state index contributed by atoms with van der Waals surface area (Å²) in [6.45, 7) is 0. The molecule has 2 aromatic carbocycles. The van der Waals surface area contributed by atoms with Gasteiger partial charge in [0.15, 0.2) is 12.6 Å². The number of halogens is 4. The smallest absolute Gasteiger partial charge is 0.150 e. The molecule has 0 amide bonds. The summed E-state index contributed by atoms with van der Waals surface area (Å²) in [6, 6.07) is 5.01. The predicted molar refractivity (Wildman–Crippen MR) is 88.0 cm³/mol. The summed E-state index contributed by atoms with van der Waals surface area (Å²) in [7, 11) is 0. The Morgan fingerprint density at radius 3 is 1.40 bits per heavy atom. The summed E-state index contributed by atoms with van der Waals surface area (Å²) in [5.74, 6) is -1.05. The summed E-state index contributed by atoms with van der Waals surface area (Å²) in [4.78, 5) is 22.2. The van der Waals surface area contributed by atoms with Gasteiger partial charge in [-0.25, -0.2) is 8.78 Å². The van der Waals surface area contributed by atoms with Gasteiger partial charge in [0.05, 0.1) is 0 Å². The normalized spacial score (nSPS) is 10.4. The average molecular weight is 498 g/mol. The van der Waals surface area contributed by atoms with Crippen molar-refractivity contribution in [1.82, 2.24) is 0 Å². The van der Waals surface area contributed by atoms with Gasteiger partial charge in [0.25, 0.3) is 0 Å². The fraction of sp³-hybridized carbons (Fsp3) is 0. The van der Waals surface area contributed by atoms with Gasteiger partial charge in [0.2, 0.25) is 0 Å². The first-order valence-electron chi connectivity index (χ1n) is 5.36. The number of carbonyl (C=O) groups is 2. The molecular weight excluding hydrogens is 492 g/mol. The molecular formula is C14H6F2I2O2. The number of aldehydes is 2. The molecule has 102 valence electrons. The van der Waals surface area contributed by atoms with Gasteiger partial charge in [0.1, 0.15) is 11.6 Å². The molecule has 2 nitrogen and oxygen atoms in total. The van der Waals surface area contributed by atoms with Crippen molar-refractivity contribution in [2.24, 2.45) is 0 Å². The third kappa shape index (κ3) is 2.90. The van der Waals surface area contributed by atoms with Crippen LogP contribution in [0, 0.1) is 18.8 Å². The standard InChI is InChI=1S/C14H6F2I2O2/c15-11-3-9(7(5-19)1-13(11)17)10-4-12(16)14(18)2-8(10)6-20/h1-6H. The summed E-state index contributed by atoms with van der Waals surface area (Å²) in [5, 5.41) is 0. The zero-order chi connectivity index (χ0) is 14.9. The van der Waals surface area contributed by atoms with E-state index in [-0.39, 0.29) is 29.4 Å². The number of carbonyl (C=O) groups excluding carboxylic acids is 2. The van der Waals surface area contributed by atoms with E-state index in [2.05, 4.69) is 0 Å². The van der Waals surface area contributed by atoms with Crippen molar-refractivity contribution in [2.75, 3.05) is 0 Å². The molecule has 0 fully saturated rings. The molecule has 0 aromatic heterocycles. The summed E-state index contributed by atoms with van der Waals surface area (Å²) >= 11 is 3.52. The molecule has 20 heavy (non-hydrogen) atoms. The third-order valence-corrected chi connectivity index (χ3v) is 4.38. The second kappa shape index (κ2) is 6.25. The largest absolute Gasteiger partial charge is 0.298 e. The molecule has 0 aliphatic rings. The first kappa shape index (κ1) is 15.5. The van der Waals surface area contributed by atoms with Gasteiger partial charge in [0, 0.05) is 18.3 Å². The van der Waals surface area contributed by atoms with Gasteiger partial charge in [-0.2, -0.15) is 0 Å². The molecule has 0 spiro atoms. The Kier molecular flexibility index (Phi) is 4.84. The van der Waals surface area contributed by atoms with Crippen molar-refractivity contribution in [3.63, 3.8) is 0 Å². The minimum atomic E-state index is -0.526. The van der Waals surface area contributed by atoms with Crippen molar-refractivity contribution in [1.29, 1.82) is 0 Å². The van der Waals surface area contributed by atoms with Crippen LogP contribution in [-0.2, 0) is 0 Å². The maximum atomic E-state index is 13.7. The van der Waals surface area contributed by atoms with Crippen molar-refractivity contribution < 1.29 is 18.4 Å². The molecule has 0 aliphatic heterocycles. The van der Waals surface area contributed by atoms with Crippen LogP contribution in [0.5, 0.6) is 0 Å². The molecule has 2 aromatic rings. The van der Waals surface area contributed by atoms with Gasteiger partial charge in [-0.3, -0.25) is 9.59 Å². The van der Waals surface area contributed by atoms with Crippen molar-refractivity contribution in [2.45, 2.75) is 0 Å². The number of rotatable bonds is 3. The highest BCUT2D eigenvalue weighted by molar-refractivity contribution is 14.1. The molecule has 0 N–H and O–H groups in total. The van der Waals surface area contributed by atoms with Crippen LogP contribution in [0.2, 0.25) is 0 Å². The van der Waals surface area contributed by atoms with E-state index < -0.39 is 11.6 Å². The molecule has 0 saturated heterocycles. The molecule has 0 aliphatic carbocycles. The first-order valence-corrected chi connectivity index (χ1v) is 7.52. The lowest BCUT2D eigenvalue weighted by molar-refractivity contribution is 0.111. The first-order chi connectivity index (χ1) is 9.47. The van der Waals surface area contributed by atoms with E-state index in [1.165, 1.54) is 12.1 Å². The number of hydrogen-bond acceptors (Lipinski definition) is 2. The molecule has 0 bridgehead atoms. The Morgan fingerprint density at radius 2 is 1.10 bits per heavy atom. The highest BCUT2D eigenvalue weighted by Crippen LogP contribution is 2.31. The molecule has 2 rings (SSSR count). The lowest BCUT2D eigenvalue weighted by Crippen LogP contribution is -1.98. The minimum absolute atomic E-state index is 0.204. The van der Waals surface area contributed by atoms with Crippen LogP contribution in [0.25, 0.3) is 11.1 Å². The van der Waals surface area contributed by atoms with E-state index in [1.807, 2.05) is 0 Å². The summed E-state index contributed by atoms with van der Waals surface area (Å²) < 4.78 is 27.9. The van der Waals surface area contributed by atoms with E-state index >= 15 is 0 Å². The van der Waals surface area contributed by atoms with Gasteiger partial charge in [-0.05, 0) is 80.6 Å². The molecule has 0 heterocycles. The molecule has 0 unspecified atom stereocenters. The Morgan fingerprint density at radius 1 is 0.750 bits per heavy atom. The van der Waals surface area contributed by atoms with Crippen LogP contribution in [0.15, 0.2) is 24.3 Å². The Bertz CT molecular complexity index is 653. The van der Waals surface area contributed by atoms with Crippen molar-refractivity contribution in [3.05, 3.63) is 54.2 Å². The SMILES string of the molecule is O=Cc1cc(I)c(F)cc1-c1cc(F)c(I)cc1C=O. The fourth-order valence-corrected chi connectivity index (χ4v) is 2.77. The zero-order valence-electron chi connectivity index (χ0n) is 9.79. The van der Waals surface area contributed by atoms with Crippen LogP contribution in [0.4, 0.5) is 8.78 Å².